The number of anilines is 2. The monoisotopic (exact) mass is 701 g/mol. The Morgan fingerprint density at radius 3 is 2.51 bits per heavy atom. The number of aromatic hydroxyl groups is 1. The number of rotatable bonds is 17. The summed E-state index contributed by atoms with van der Waals surface area (Å²) < 4.78 is 13.2. The third-order valence-corrected chi connectivity index (χ3v) is 11.6. The zero-order valence-corrected chi connectivity index (χ0v) is 29.5. The number of aliphatic hydroxyl groups excluding tert-OH is 1. The molecular weight excluding hydrogens is 648 g/mol. The highest BCUT2D eigenvalue weighted by Gasteiger charge is 2.49. The van der Waals surface area contributed by atoms with Crippen molar-refractivity contribution >= 4 is 23.7 Å². The van der Waals surface area contributed by atoms with Crippen molar-refractivity contribution in [1.82, 2.24) is 5.32 Å². The van der Waals surface area contributed by atoms with E-state index >= 15 is 0 Å². The number of phenolic OH excluding ortho intramolecular Hbond substituents is 1. The predicted molar refractivity (Wildman–Crippen MR) is 195 cm³/mol. The van der Waals surface area contributed by atoms with Crippen LogP contribution in [0.2, 0.25) is 0 Å². The van der Waals surface area contributed by atoms with Gasteiger partial charge < -0.3 is 45.2 Å². The summed E-state index contributed by atoms with van der Waals surface area (Å²) in [6.07, 6.45) is 5.14. The zero-order valence-electron chi connectivity index (χ0n) is 29.5. The van der Waals surface area contributed by atoms with E-state index in [-0.39, 0.29) is 48.6 Å². The fourth-order valence-electron chi connectivity index (χ4n) is 8.39. The number of amides is 2. The summed E-state index contributed by atoms with van der Waals surface area (Å²) in [6, 6.07) is 22.2. The van der Waals surface area contributed by atoms with Gasteiger partial charge >= 0.3 is 0 Å². The highest BCUT2D eigenvalue weighted by molar-refractivity contribution is 5.90. The maximum Gasteiger partial charge on any atom is 0.230 e. The lowest BCUT2D eigenvalue weighted by Crippen LogP contribution is -2.65. The van der Waals surface area contributed by atoms with Crippen LogP contribution in [0.3, 0.4) is 0 Å². The van der Waals surface area contributed by atoms with Gasteiger partial charge in [0.25, 0.3) is 0 Å². The largest absolute Gasteiger partial charge is 0.506 e. The number of piperidine rings is 3. The van der Waals surface area contributed by atoms with Crippen molar-refractivity contribution in [3.63, 3.8) is 0 Å². The Labute approximate surface area is 300 Å². The molecule has 5 atom stereocenters. The molecule has 274 valence electrons. The lowest BCUT2D eigenvalue weighted by atomic mass is 9.80. The number of aliphatic hydroxyl groups is 2. The van der Waals surface area contributed by atoms with E-state index in [9.17, 15) is 24.9 Å². The van der Waals surface area contributed by atoms with E-state index < -0.39 is 11.7 Å². The van der Waals surface area contributed by atoms with Gasteiger partial charge in [-0.15, -0.1) is 0 Å². The average Bonchev–Trinajstić information content (AvgIpc) is 3.66. The number of ether oxygens (including phenoxy) is 2. The average molecular weight is 702 g/mol. The topological polar surface area (TPSA) is 149 Å². The molecule has 1 saturated carbocycles. The van der Waals surface area contributed by atoms with Crippen LogP contribution in [0, 0.1) is 11.8 Å². The molecule has 4 fully saturated rings. The molecule has 3 aliphatic heterocycles. The Hall–Kier alpha value is -3.84. The third kappa shape index (κ3) is 8.97. The summed E-state index contributed by atoms with van der Waals surface area (Å²) in [5.41, 5.74) is 2.40. The summed E-state index contributed by atoms with van der Waals surface area (Å²) in [7, 11) is 1.75. The van der Waals surface area contributed by atoms with Crippen LogP contribution in [0.25, 0.3) is 0 Å². The first kappa shape index (κ1) is 36.9. The summed E-state index contributed by atoms with van der Waals surface area (Å²) in [4.78, 5) is 23.8. The van der Waals surface area contributed by atoms with Gasteiger partial charge in [0, 0.05) is 44.6 Å². The zero-order chi connectivity index (χ0) is 35.8. The van der Waals surface area contributed by atoms with Crippen LogP contribution >= 0.6 is 0 Å². The van der Waals surface area contributed by atoms with Gasteiger partial charge in [-0.05, 0) is 66.1 Å². The Balaban J connectivity index is 0.966. The van der Waals surface area contributed by atoms with Crippen LogP contribution < -0.4 is 16.0 Å². The number of hydrogen-bond donors (Lipinski definition) is 6. The molecule has 2 unspecified atom stereocenters. The molecule has 51 heavy (non-hydrogen) atoms. The van der Waals surface area contributed by atoms with Crippen LogP contribution in [0.1, 0.15) is 61.3 Å². The smallest absolute Gasteiger partial charge is 0.230 e. The van der Waals surface area contributed by atoms with Gasteiger partial charge in [-0.1, -0.05) is 48.5 Å². The number of methoxy groups -OCH3 is 1. The fraction of sp³-hybridized carbons (Fsp3) is 0.500. The molecule has 2 amide bonds. The van der Waals surface area contributed by atoms with Crippen molar-refractivity contribution < 1.29 is 38.9 Å². The van der Waals surface area contributed by atoms with Crippen LogP contribution in [0.4, 0.5) is 11.4 Å². The number of quaternary nitrogens is 1. The number of hydrogen-bond acceptors (Lipinski definition) is 8. The molecule has 11 heteroatoms. The van der Waals surface area contributed by atoms with Gasteiger partial charge in [0.05, 0.1) is 50.6 Å². The van der Waals surface area contributed by atoms with E-state index in [0.717, 1.165) is 79.6 Å². The fourth-order valence-corrected chi connectivity index (χ4v) is 8.39. The number of nitrogens with zero attached hydrogens (tertiary/aromatic N) is 1. The lowest BCUT2D eigenvalue weighted by molar-refractivity contribution is -0.946. The van der Waals surface area contributed by atoms with E-state index in [1.165, 1.54) is 6.07 Å². The van der Waals surface area contributed by atoms with Crippen molar-refractivity contribution in [2.24, 2.45) is 11.8 Å². The van der Waals surface area contributed by atoms with Gasteiger partial charge in [0.1, 0.15) is 24.0 Å². The van der Waals surface area contributed by atoms with E-state index in [1.54, 1.807) is 19.2 Å². The van der Waals surface area contributed by atoms with Crippen LogP contribution in [0.15, 0.2) is 72.8 Å². The molecule has 1 aliphatic carbocycles. The van der Waals surface area contributed by atoms with Gasteiger partial charge in [-0.3, -0.25) is 9.59 Å². The van der Waals surface area contributed by atoms with Crippen LogP contribution in [-0.2, 0) is 31.2 Å². The number of carbonyl (C=O) groups is 2. The third-order valence-electron chi connectivity index (χ3n) is 11.6. The normalized spacial score (nSPS) is 25.9. The first-order valence-corrected chi connectivity index (χ1v) is 18.3. The van der Waals surface area contributed by atoms with Crippen molar-refractivity contribution in [1.29, 1.82) is 0 Å². The summed E-state index contributed by atoms with van der Waals surface area (Å²) in [5, 5.41) is 41.2. The Bertz CT molecular complexity index is 1600. The van der Waals surface area contributed by atoms with Crippen molar-refractivity contribution in [3.8, 4) is 5.75 Å². The minimum absolute atomic E-state index is 0.00798. The minimum Gasteiger partial charge on any atom is -0.506 e. The second-order valence-corrected chi connectivity index (χ2v) is 14.7. The first-order valence-electron chi connectivity index (χ1n) is 18.3. The number of carbonyl (C=O) groups excluding carboxylic acids is 2. The second-order valence-electron chi connectivity index (χ2n) is 14.7. The molecule has 6 N–H and O–H groups in total. The van der Waals surface area contributed by atoms with Crippen molar-refractivity contribution in [2.45, 2.75) is 69.0 Å². The molecule has 11 nitrogen and oxygen atoms in total. The summed E-state index contributed by atoms with van der Waals surface area (Å²) in [6.45, 7) is 4.80. The van der Waals surface area contributed by atoms with E-state index in [1.807, 2.05) is 54.6 Å². The minimum atomic E-state index is -1.06. The van der Waals surface area contributed by atoms with Gasteiger partial charge in [0.15, 0.2) is 0 Å². The summed E-state index contributed by atoms with van der Waals surface area (Å²) >= 11 is 0. The molecule has 3 heterocycles. The number of fused-ring (bicyclic) bond motifs is 3. The molecule has 4 aliphatic rings. The van der Waals surface area contributed by atoms with Gasteiger partial charge in [-0.2, -0.15) is 0 Å². The highest BCUT2D eigenvalue weighted by atomic mass is 16.5. The molecular formula is C40H53N4O7+. The molecule has 0 aromatic heterocycles. The maximum absolute atomic E-state index is 13.1. The number of phenols is 1. The van der Waals surface area contributed by atoms with Crippen molar-refractivity contribution in [2.75, 3.05) is 57.1 Å². The molecule has 3 aromatic carbocycles. The van der Waals surface area contributed by atoms with E-state index in [0.29, 0.717) is 30.9 Å². The number of benzene rings is 3. The van der Waals surface area contributed by atoms with Crippen LogP contribution in [0.5, 0.6) is 5.75 Å². The van der Waals surface area contributed by atoms with Gasteiger partial charge in [0.2, 0.25) is 12.3 Å². The Kier molecular flexibility index (Phi) is 12.1. The Morgan fingerprint density at radius 2 is 1.80 bits per heavy atom. The molecule has 3 saturated heterocycles. The maximum atomic E-state index is 13.1. The van der Waals surface area contributed by atoms with Crippen LogP contribution in [-0.4, -0.2) is 90.8 Å². The predicted octanol–water partition coefficient (Wildman–Crippen LogP) is 4.44. The lowest BCUT2D eigenvalue weighted by Gasteiger charge is -2.52. The number of nitrogens with one attached hydrogen (secondary N) is 3. The second kappa shape index (κ2) is 16.7. The SMILES string of the molecule is COC1CCC([C@@](O)(CO[C@H]2C[N+]3(CCC(=O)Nc4ccc(CNC[C@H](O)c5ccc(O)c(NC=O)c5)cc4)CCC2CC3)c2ccccc2)C1. The highest BCUT2D eigenvalue weighted by Crippen LogP contribution is 2.43. The van der Waals surface area contributed by atoms with Gasteiger partial charge in [-0.25, -0.2) is 0 Å². The van der Waals surface area contributed by atoms with Crippen molar-refractivity contribution in [3.05, 3.63) is 89.5 Å². The molecule has 3 aromatic rings. The quantitative estimate of drug-likeness (QED) is 0.0688. The van der Waals surface area contributed by atoms with E-state index in [2.05, 4.69) is 16.0 Å². The molecule has 7 rings (SSSR count). The summed E-state index contributed by atoms with van der Waals surface area (Å²) in [5.74, 6) is 0.486. The molecule has 0 spiro atoms. The molecule has 2 bridgehead atoms. The molecule has 0 radical (unpaired) electrons. The van der Waals surface area contributed by atoms with E-state index in [4.69, 9.17) is 9.47 Å². The first-order chi connectivity index (χ1) is 24.7. The standard InChI is InChI=1S/C40H52N4O7/c1-50-34-13-10-32(22-34)40(49,31-5-3-2-4-6-31)26-51-38-25-44(18-15-29(38)16-19-44)20-17-39(48)43-33-11-7-28(8-12-33)23-41-24-37(47)30-9-14-36(46)35(21-30)42-27-45/h2-9,11-12,14,21,27,29,32,34,37-38,41,47,49H,10,13,15-20,22-26H2,1H3,(H2-,42,43,45,46,48)/p+1/t29?,32?,34?,37-,38-,40+,44?/m0/s1. The Morgan fingerprint density at radius 1 is 1.04 bits per heavy atom.